The van der Waals surface area contributed by atoms with Crippen molar-refractivity contribution >= 4 is 44.8 Å². The summed E-state index contributed by atoms with van der Waals surface area (Å²) in [4.78, 5) is 19.2. The highest BCUT2D eigenvalue weighted by Crippen LogP contribution is 2.33. The molecule has 1 aliphatic heterocycles. The summed E-state index contributed by atoms with van der Waals surface area (Å²) < 4.78 is 28.3. The third kappa shape index (κ3) is 4.69. The van der Waals surface area contributed by atoms with Crippen LogP contribution in [0.25, 0.3) is 0 Å². The van der Waals surface area contributed by atoms with Gasteiger partial charge in [0, 0.05) is 29.0 Å². The number of benzene rings is 2. The van der Waals surface area contributed by atoms with Gasteiger partial charge in [0.05, 0.1) is 16.8 Å². The van der Waals surface area contributed by atoms with Gasteiger partial charge < -0.3 is 4.90 Å². The highest BCUT2D eigenvalue weighted by Gasteiger charge is 2.32. The Hall–Kier alpha value is -2.61. The van der Waals surface area contributed by atoms with E-state index in [9.17, 15) is 13.2 Å². The summed E-state index contributed by atoms with van der Waals surface area (Å²) in [5.41, 5.74) is 1.41. The van der Waals surface area contributed by atoms with E-state index in [4.69, 9.17) is 23.2 Å². The van der Waals surface area contributed by atoms with Gasteiger partial charge in [-0.15, -0.1) is 0 Å². The van der Waals surface area contributed by atoms with Crippen LogP contribution in [0.1, 0.15) is 34.9 Å². The van der Waals surface area contributed by atoms with Crippen LogP contribution in [0.3, 0.4) is 0 Å². The van der Waals surface area contributed by atoms with Gasteiger partial charge >= 0.3 is 0 Å². The molecule has 31 heavy (non-hydrogen) atoms. The second kappa shape index (κ2) is 8.86. The Morgan fingerprint density at radius 2 is 1.84 bits per heavy atom. The number of nitrogens with zero attached hydrogens (tertiary/aromatic N) is 2. The molecular weight excluding hydrogens is 457 g/mol. The Kier molecular flexibility index (Phi) is 6.18. The monoisotopic (exact) mass is 475 g/mol. The number of aromatic nitrogens is 1. The zero-order chi connectivity index (χ0) is 22.0. The van der Waals surface area contributed by atoms with E-state index in [1.54, 1.807) is 41.4 Å². The number of rotatable bonds is 5. The molecule has 0 spiro atoms. The molecule has 0 saturated carbocycles. The largest absolute Gasteiger partial charge is 0.330 e. The Morgan fingerprint density at radius 3 is 2.55 bits per heavy atom. The number of sulfonamides is 1. The lowest BCUT2D eigenvalue weighted by molar-refractivity contribution is 0.0732. The molecule has 1 atom stereocenters. The van der Waals surface area contributed by atoms with Gasteiger partial charge in [-0.3, -0.25) is 14.5 Å². The Bertz CT molecular complexity index is 1200. The van der Waals surface area contributed by atoms with Gasteiger partial charge in [-0.05, 0) is 67.4 Å². The molecule has 2 heterocycles. The van der Waals surface area contributed by atoms with Crippen LogP contribution in [0.4, 0.5) is 5.69 Å². The predicted octanol–water partition coefficient (Wildman–Crippen LogP) is 5.17. The van der Waals surface area contributed by atoms with Crippen LogP contribution >= 0.6 is 23.2 Å². The molecule has 1 aliphatic rings. The number of carbonyl (C=O) groups is 1. The van der Waals surface area contributed by atoms with Crippen LogP contribution in [0.5, 0.6) is 0 Å². The highest BCUT2D eigenvalue weighted by molar-refractivity contribution is 7.92. The maximum absolute atomic E-state index is 13.2. The fourth-order valence-corrected chi connectivity index (χ4v) is 5.34. The van der Waals surface area contributed by atoms with Crippen molar-refractivity contribution in [2.45, 2.75) is 23.8 Å². The van der Waals surface area contributed by atoms with Crippen molar-refractivity contribution < 1.29 is 13.2 Å². The van der Waals surface area contributed by atoms with Crippen LogP contribution in [0, 0.1) is 0 Å². The average Bonchev–Trinajstić information content (AvgIpc) is 3.25. The van der Waals surface area contributed by atoms with E-state index in [-0.39, 0.29) is 27.4 Å². The normalized spacial score (nSPS) is 16.3. The van der Waals surface area contributed by atoms with E-state index in [1.165, 1.54) is 12.1 Å². The lowest BCUT2D eigenvalue weighted by atomic mass is 10.1. The minimum atomic E-state index is -4.01. The first kappa shape index (κ1) is 21.6. The molecule has 1 saturated heterocycles. The molecule has 6 nitrogen and oxygen atoms in total. The van der Waals surface area contributed by atoms with Crippen molar-refractivity contribution in [1.82, 2.24) is 9.88 Å². The molecule has 160 valence electrons. The van der Waals surface area contributed by atoms with Crippen molar-refractivity contribution in [3.8, 4) is 0 Å². The summed E-state index contributed by atoms with van der Waals surface area (Å²) in [5.74, 6) is -0.257. The molecular formula is C22H19Cl2N3O3S. The summed E-state index contributed by atoms with van der Waals surface area (Å²) >= 11 is 12.0. The molecule has 1 amide bonds. The lowest BCUT2D eigenvalue weighted by Crippen LogP contribution is -2.31. The van der Waals surface area contributed by atoms with Gasteiger partial charge in [0.25, 0.3) is 15.9 Å². The first-order valence-electron chi connectivity index (χ1n) is 9.65. The second-order valence-corrected chi connectivity index (χ2v) is 9.66. The number of nitrogens with one attached hydrogen (secondary N) is 1. The first-order chi connectivity index (χ1) is 14.8. The van der Waals surface area contributed by atoms with E-state index in [0.717, 1.165) is 18.5 Å². The van der Waals surface area contributed by atoms with Gasteiger partial charge in [0.15, 0.2) is 0 Å². The number of amides is 1. The van der Waals surface area contributed by atoms with Gasteiger partial charge in [-0.1, -0.05) is 29.3 Å². The molecule has 1 fully saturated rings. The zero-order valence-electron chi connectivity index (χ0n) is 16.3. The van der Waals surface area contributed by atoms with Crippen LogP contribution in [0.2, 0.25) is 10.0 Å². The smallest absolute Gasteiger partial charge is 0.263 e. The zero-order valence-corrected chi connectivity index (χ0v) is 18.7. The van der Waals surface area contributed by atoms with E-state index < -0.39 is 10.0 Å². The first-order valence-corrected chi connectivity index (χ1v) is 11.9. The Morgan fingerprint density at radius 1 is 1.06 bits per heavy atom. The van der Waals surface area contributed by atoms with Gasteiger partial charge in [-0.25, -0.2) is 8.42 Å². The molecule has 0 radical (unpaired) electrons. The van der Waals surface area contributed by atoms with E-state index in [2.05, 4.69) is 9.71 Å². The van der Waals surface area contributed by atoms with Crippen molar-refractivity contribution in [3.05, 3.63) is 88.2 Å². The fourth-order valence-electron chi connectivity index (χ4n) is 3.63. The highest BCUT2D eigenvalue weighted by atomic mass is 35.5. The maximum atomic E-state index is 13.2. The lowest BCUT2D eigenvalue weighted by Gasteiger charge is -2.24. The third-order valence-electron chi connectivity index (χ3n) is 5.11. The molecule has 1 N–H and O–H groups in total. The average molecular weight is 476 g/mol. The number of likely N-dealkylation sites (tertiary alicyclic amines) is 1. The quantitative estimate of drug-likeness (QED) is 0.551. The van der Waals surface area contributed by atoms with Crippen LogP contribution in [0.15, 0.2) is 71.8 Å². The Balaban J connectivity index is 1.62. The molecule has 1 unspecified atom stereocenters. The fraction of sp³-hybridized carbons (Fsp3) is 0.182. The maximum Gasteiger partial charge on any atom is 0.263 e. The minimum absolute atomic E-state index is 0.0284. The van der Waals surface area contributed by atoms with Crippen LogP contribution < -0.4 is 4.72 Å². The molecule has 0 bridgehead atoms. The van der Waals surface area contributed by atoms with E-state index in [0.29, 0.717) is 17.3 Å². The summed E-state index contributed by atoms with van der Waals surface area (Å²) in [5, 5.41) is 0.516. The minimum Gasteiger partial charge on any atom is -0.330 e. The predicted molar refractivity (Wildman–Crippen MR) is 121 cm³/mol. The summed E-state index contributed by atoms with van der Waals surface area (Å²) in [6.45, 7) is 0.577. The summed E-state index contributed by atoms with van der Waals surface area (Å²) in [7, 11) is -4.01. The van der Waals surface area contributed by atoms with Gasteiger partial charge in [-0.2, -0.15) is 0 Å². The number of halogens is 2. The van der Waals surface area contributed by atoms with Crippen LogP contribution in [-0.2, 0) is 10.0 Å². The van der Waals surface area contributed by atoms with E-state index >= 15 is 0 Å². The van der Waals surface area contributed by atoms with Crippen molar-refractivity contribution in [2.75, 3.05) is 11.3 Å². The molecule has 4 rings (SSSR count). The number of pyridine rings is 1. The van der Waals surface area contributed by atoms with Gasteiger partial charge in [0.2, 0.25) is 0 Å². The topological polar surface area (TPSA) is 79.4 Å². The van der Waals surface area contributed by atoms with Crippen molar-refractivity contribution in [3.63, 3.8) is 0 Å². The standard InChI is InChI=1S/C22H19Cl2N3O3S/c23-16-7-9-17(10-8-16)26-31(29,30)21-14-15(6-11-18(21)24)22(28)27-13-3-5-20(27)19-4-1-2-12-25-19/h1-2,4,6-12,14,20,26H,3,5,13H2. The molecule has 0 aliphatic carbocycles. The SMILES string of the molecule is O=C(c1ccc(Cl)c(S(=O)(=O)Nc2ccc(Cl)cc2)c1)N1CCCC1c1ccccn1. The second-order valence-electron chi connectivity index (χ2n) is 7.17. The van der Waals surface area contributed by atoms with Crippen molar-refractivity contribution in [2.24, 2.45) is 0 Å². The molecule has 3 aromatic rings. The number of anilines is 1. The molecule has 2 aromatic carbocycles. The van der Waals surface area contributed by atoms with Crippen LogP contribution in [-0.4, -0.2) is 30.8 Å². The number of carbonyl (C=O) groups excluding carboxylic acids is 1. The van der Waals surface area contributed by atoms with Crippen molar-refractivity contribution in [1.29, 1.82) is 0 Å². The Labute approximate surface area is 190 Å². The molecule has 9 heteroatoms. The third-order valence-corrected chi connectivity index (χ3v) is 7.22. The van der Waals surface area contributed by atoms with Gasteiger partial charge in [0.1, 0.15) is 4.90 Å². The molecule has 1 aromatic heterocycles. The van der Waals surface area contributed by atoms with E-state index in [1.807, 2.05) is 18.2 Å². The summed E-state index contributed by atoms with van der Waals surface area (Å²) in [6.07, 6.45) is 3.36. The number of hydrogen-bond acceptors (Lipinski definition) is 4. The summed E-state index contributed by atoms with van der Waals surface area (Å²) in [6, 6.07) is 16.0. The number of hydrogen-bond donors (Lipinski definition) is 1.